The molecule has 2 rings (SSSR count). The predicted octanol–water partition coefficient (Wildman–Crippen LogP) is 2.71. The first-order valence-corrected chi connectivity index (χ1v) is 7.32. The summed E-state index contributed by atoms with van der Waals surface area (Å²) >= 11 is 0. The second-order valence-corrected chi connectivity index (χ2v) is 5.03. The largest absolute Gasteiger partial charge is 0.493 e. The van der Waals surface area contributed by atoms with Gasteiger partial charge in [0.1, 0.15) is 5.82 Å². The molecule has 24 heavy (non-hydrogen) atoms. The van der Waals surface area contributed by atoms with Gasteiger partial charge >= 0.3 is 6.55 Å². The Bertz CT molecular complexity index is 676. The maximum atomic E-state index is 12.8. The van der Waals surface area contributed by atoms with Crippen molar-refractivity contribution in [2.75, 3.05) is 20.8 Å². The fourth-order valence-corrected chi connectivity index (χ4v) is 2.12. The highest BCUT2D eigenvalue weighted by Gasteiger charge is 2.16. The SMILES string of the molecule is COc1ccccc1OCCC(=O)N(C)Cc1nccn1C(F)F. The summed E-state index contributed by atoms with van der Waals surface area (Å²) in [6.45, 7) is -2.52. The molecule has 0 N–H and O–H groups in total. The van der Waals surface area contributed by atoms with Crippen molar-refractivity contribution in [1.29, 1.82) is 0 Å². The highest BCUT2D eigenvalue weighted by Crippen LogP contribution is 2.25. The summed E-state index contributed by atoms with van der Waals surface area (Å²) < 4.78 is 36.9. The Hall–Kier alpha value is -2.64. The molecule has 8 heteroatoms. The summed E-state index contributed by atoms with van der Waals surface area (Å²) in [4.78, 5) is 17.3. The summed E-state index contributed by atoms with van der Waals surface area (Å²) in [6.07, 6.45) is 2.58. The van der Waals surface area contributed by atoms with Crippen molar-refractivity contribution in [2.24, 2.45) is 0 Å². The number of para-hydroxylation sites is 2. The summed E-state index contributed by atoms with van der Waals surface area (Å²) in [7, 11) is 3.07. The van der Waals surface area contributed by atoms with Crippen molar-refractivity contribution in [2.45, 2.75) is 19.5 Å². The van der Waals surface area contributed by atoms with Crippen LogP contribution in [0.4, 0.5) is 8.78 Å². The molecule has 0 spiro atoms. The van der Waals surface area contributed by atoms with Crippen molar-refractivity contribution in [3.63, 3.8) is 0 Å². The van der Waals surface area contributed by atoms with E-state index in [1.54, 1.807) is 18.2 Å². The zero-order valence-corrected chi connectivity index (χ0v) is 13.5. The first kappa shape index (κ1) is 17.7. The molecule has 1 amide bonds. The highest BCUT2D eigenvalue weighted by molar-refractivity contribution is 5.75. The maximum Gasteiger partial charge on any atom is 0.319 e. The molecule has 0 saturated carbocycles. The molecule has 0 saturated heterocycles. The minimum atomic E-state index is -2.68. The van der Waals surface area contributed by atoms with E-state index in [1.165, 1.54) is 31.5 Å². The lowest BCUT2D eigenvalue weighted by Gasteiger charge is -2.18. The molecule has 6 nitrogen and oxygen atoms in total. The number of carbonyl (C=O) groups excluding carboxylic acids is 1. The Morgan fingerprint density at radius 2 is 2.04 bits per heavy atom. The van der Waals surface area contributed by atoms with Crippen LogP contribution in [0.15, 0.2) is 36.7 Å². The molecular weight excluding hydrogens is 320 g/mol. The summed E-state index contributed by atoms with van der Waals surface area (Å²) in [5, 5.41) is 0. The standard InChI is InChI=1S/C16H19F2N3O3/c1-20(11-14-19-8-9-21(14)16(17)18)15(22)7-10-24-13-6-4-3-5-12(13)23-2/h3-6,8-9,16H,7,10-11H2,1-2H3. The molecule has 0 bridgehead atoms. The number of nitrogens with zero attached hydrogens (tertiary/aromatic N) is 3. The van der Waals surface area contributed by atoms with Crippen LogP contribution >= 0.6 is 0 Å². The van der Waals surface area contributed by atoms with Crippen molar-refractivity contribution >= 4 is 5.91 Å². The van der Waals surface area contributed by atoms with Crippen LogP contribution in [0.25, 0.3) is 0 Å². The van der Waals surface area contributed by atoms with Gasteiger partial charge in [0.2, 0.25) is 5.91 Å². The fourth-order valence-electron chi connectivity index (χ4n) is 2.12. The van der Waals surface area contributed by atoms with Gasteiger partial charge in [-0.3, -0.25) is 9.36 Å². The number of halogens is 2. The topological polar surface area (TPSA) is 56.6 Å². The average Bonchev–Trinajstić information content (AvgIpc) is 3.03. The van der Waals surface area contributed by atoms with Crippen LogP contribution in [0, 0.1) is 0 Å². The van der Waals surface area contributed by atoms with Gasteiger partial charge in [-0.25, -0.2) is 4.98 Å². The molecule has 1 aromatic heterocycles. The van der Waals surface area contributed by atoms with Gasteiger partial charge in [0, 0.05) is 19.4 Å². The number of amides is 1. The van der Waals surface area contributed by atoms with Crippen LogP contribution in [0.3, 0.4) is 0 Å². The number of alkyl halides is 2. The van der Waals surface area contributed by atoms with Gasteiger partial charge < -0.3 is 14.4 Å². The number of carbonyl (C=O) groups is 1. The number of hydrogen-bond donors (Lipinski definition) is 0. The van der Waals surface area contributed by atoms with Crippen molar-refractivity contribution in [1.82, 2.24) is 14.5 Å². The molecule has 0 unspecified atom stereocenters. The predicted molar refractivity (Wildman–Crippen MR) is 83.1 cm³/mol. The third-order valence-corrected chi connectivity index (χ3v) is 3.41. The molecule has 2 aromatic rings. The number of benzene rings is 1. The Kier molecular flexibility index (Phi) is 6.11. The second kappa shape index (κ2) is 8.28. The average molecular weight is 339 g/mol. The molecule has 0 aliphatic heterocycles. The number of imidazole rings is 1. The molecular formula is C16H19F2N3O3. The summed E-state index contributed by atoms with van der Waals surface area (Å²) in [6, 6.07) is 7.12. The number of aromatic nitrogens is 2. The highest BCUT2D eigenvalue weighted by atomic mass is 19.3. The van der Waals surface area contributed by atoms with E-state index >= 15 is 0 Å². The molecule has 130 valence electrons. The van der Waals surface area contributed by atoms with Crippen molar-refractivity contribution in [3.05, 3.63) is 42.5 Å². The van der Waals surface area contributed by atoms with E-state index in [1.807, 2.05) is 6.07 Å². The molecule has 0 radical (unpaired) electrons. The van der Waals surface area contributed by atoms with E-state index in [-0.39, 0.29) is 31.3 Å². The summed E-state index contributed by atoms with van der Waals surface area (Å²) in [5.74, 6) is 1.03. The lowest BCUT2D eigenvalue weighted by Crippen LogP contribution is -2.29. The minimum Gasteiger partial charge on any atom is -0.493 e. The van der Waals surface area contributed by atoms with Gasteiger partial charge in [0.25, 0.3) is 0 Å². The number of methoxy groups -OCH3 is 1. The Morgan fingerprint density at radius 1 is 1.33 bits per heavy atom. The molecule has 0 aliphatic rings. The van der Waals surface area contributed by atoms with Gasteiger partial charge in [-0.05, 0) is 12.1 Å². The summed E-state index contributed by atoms with van der Waals surface area (Å²) in [5.41, 5.74) is 0. The zero-order chi connectivity index (χ0) is 17.5. The van der Waals surface area contributed by atoms with E-state index in [2.05, 4.69) is 4.98 Å². The third kappa shape index (κ3) is 4.43. The van der Waals surface area contributed by atoms with Gasteiger partial charge in [0.05, 0.1) is 26.7 Å². The van der Waals surface area contributed by atoms with Crippen LogP contribution in [0.5, 0.6) is 11.5 Å². The Labute approximate surface area is 138 Å². The molecule has 1 heterocycles. The monoisotopic (exact) mass is 339 g/mol. The quantitative estimate of drug-likeness (QED) is 0.742. The third-order valence-electron chi connectivity index (χ3n) is 3.41. The van der Waals surface area contributed by atoms with E-state index in [0.29, 0.717) is 11.5 Å². The normalized spacial score (nSPS) is 10.7. The first-order chi connectivity index (χ1) is 11.5. The molecule has 0 atom stereocenters. The van der Waals surface area contributed by atoms with Crippen LogP contribution in [0.2, 0.25) is 0 Å². The second-order valence-electron chi connectivity index (χ2n) is 5.03. The first-order valence-electron chi connectivity index (χ1n) is 7.32. The Morgan fingerprint density at radius 3 is 2.71 bits per heavy atom. The van der Waals surface area contributed by atoms with Gasteiger partial charge in [-0.2, -0.15) is 8.78 Å². The number of rotatable bonds is 8. The number of hydrogen-bond acceptors (Lipinski definition) is 4. The minimum absolute atomic E-state index is 0.00479. The van der Waals surface area contributed by atoms with E-state index in [0.717, 1.165) is 4.57 Å². The van der Waals surface area contributed by atoms with Gasteiger partial charge in [-0.1, -0.05) is 12.1 Å². The van der Waals surface area contributed by atoms with Crippen LogP contribution in [0.1, 0.15) is 18.8 Å². The maximum absolute atomic E-state index is 12.8. The molecule has 1 aromatic carbocycles. The van der Waals surface area contributed by atoms with Gasteiger partial charge in [-0.15, -0.1) is 0 Å². The van der Waals surface area contributed by atoms with E-state index in [9.17, 15) is 13.6 Å². The zero-order valence-electron chi connectivity index (χ0n) is 13.5. The lowest BCUT2D eigenvalue weighted by molar-refractivity contribution is -0.131. The lowest BCUT2D eigenvalue weighted by atomic mass is 10.3. The fraction of sp³-hybridized carbons (Fsp3) is 0.375. The van der Waals surface area contributed by atoms with Crippen LogP contribution in [-0.2, 0) is 11.3 Å². The van der Waals surface area contributed by atoms with Gasteiger partial charge in [0.15, 0.2) is 11.5 Å². The van der Waals surface area contributed by atoms with E-state index in [4.69, 9.17) is 9.47 Å². The van der Waals surface area contributed by atoms with Crippen molar-refractivity contribution in [3.8, 4) is 11.5 Å². The van der Waals surface area contributed by atoms with Crippen LogP contribution in [-0.4, -0.2) is 41.1 Å². The Balaban J connectivity index is 1.84. The molecule has 0 aliphatic carbocycles. The van der Waals surface area contributed by atoms with Crippen LogP contribution < -0.4 is 9.47 Å². The molecule has 0 fully saturated rings. The number of ether oxygens (including phenoxy) is 2. The smallest absolute Gasteiger partial charge is 0.319 e. The van der Waals surface area contributed by atoms with Crippen molar-refractivity contribution < 1.29 is 23.0 Å². The van der Waals surface area contributed by atoms with E-state index < -0.39 is 6.55 Å².